The maximum atomic E-state index is 10.4. The average molecular weight is 199 g/mol. The highest BCUT2D eigenvalue weighted by molar-refractivity contribution is 4.90. The standard InChI is InChI=1S/C11H21NO2/c1-3-5-6-7-8-9-10-11(4-2)12(13)14/h10H,3-9H2,1-2H3/b11-10+. The fourth-order valence-electron chi connectivity index (χ4n) is 1.36. The van der Waals surface area contributed by atoms with E-state index in [9.17, 15) is 10.1 Å². The highest BCUT2D eigenvalue weighted by Crippen LogP contribution is 2.09. The first-order valence-electron chi connectivity index (χ1n) is 5.55. The monoisotopic (exact) mass is 199 g/mol. The Morgan fingerprint density at radius 1 is 1.21 bits per heavy atom. The molecular weight excluding hydrogens is 178 g/mol. The van der Waals surface area contributed by atoms with E-state index in [2.05, 4.69) is 6.92 Å². The van der Waals surface area contributed by atoms with Gasteiger partial charge in [0.2, 0.25) is 5.70 Å². The van der Waals surface area contributed by atoms with Gasteiger partial charge in [-0.1, -0.05) is 39.5 Å². The average Bonchev–Trinajstić information content (AvgIpc) is 2.16. The molecule has 0 aliphatic carbocycles. The fourth-order valence-corrected chi connectivity index (χ4v) is 1.36. The van der Waals surface area contributed by atoms with Gasteiger partial charge >= 0.3 is 0 Å². The Morgan fingerprint density at radius 3 is 2.36 bits per heavy atom. The van der Waals surface area contributed by atoms with E-state index in [1.54, 1.807) is 6.08 Å². The third kappa shape index (κ3) is 6.63. The summed E-state index contributed by atoms with van der Waals surface area (Å²) in [5.41, 5.74) is 0.362. The molecule has 0 bridgehead atoms. The van der Waals surface area contributed by atoms with Crippen molar-refractivity contribution >= 4 is 0 Å². The predicted octanol–water partition coefficient (Wildman–Crippen LogP) is 3.92. The molecule has 0 aromatic carbocycles. The van der Waals surface area contributed by atoms with Crippen LogP contribution in [0.25, 0.3) is 0 Å². The summed E-state index contributed by atoms with van der Waals surface area (Å²) in [4.78, 5) is 10.2. The largest absolute Gasteiger partial charge is 0.259 e. The zero-order chi connectivity index (χ0) is 10.8. The summed E-state index contributed by atoms with van der Waals surface area (Å²) in [6.07, 6.45) is 9.20. The van der Waals surface area contributed by atoms with Crippen molar-refractivity contribution in [2.24, 2.45) is 0 Å². The van der Waals surface area contributed by atoms with Crippen molar-refractivity contribution in [3.63, 3.8) is 0 Å². The van der Waals surface area contributed by atoms with Crippen LogP contribution in [0.2, 0.25) is 0 Å². The molecule has 0 atom stereocenters. The highest BCUT2D eigenvalue weighted by atomic mass is 16.6. The molecular formula is C11H21NO2. The van der Waals surface area contributed by atoms with E-state index in [-0.39, 0.29) is 4.92 Å². The summed E-state index contributed by atoms with van der Waals surface area (Å²) in [5, 5.41) is 10.4. The topological polar surface area (TPSA) is 43.1 Å². The fraction of sp³-hybridized carbons (Fsp3) is 0.818. The van der Waals surface area contributed by atoms with E-state index < -0.39 is 0 Å². The van der Waals surface area contributed by atoms with Gasteiger partial charge < -0.3 is 0 Å². The van der Waals surface area contributed by atoms with Gasteiger partial charge in [-0.25, -0.2) is 0 Å². The first-order chi connectivity index (χ1) is 6.72. The first-order valence-corrected chi connectivity index (χ1v) is 5.55. The number of unbranched alkanes of at least 4 members (excludes halogenated alkanes) is 5. The van der Waals surface area contributed by atoms with Gasteiger partial charge in [0.15, 0.2) is 0 Å². The second-order valence-electron chi connectivity index (χ2n) is 3.51. The SMILES string of the molecule is CCCCCCC/C=C(\CC)[N+](=O)[O-]. The van der Waals surface area contributed by atoms with Crippen LogP contribution in [0.4, 0.5) is 0 Å². The molecule has 0 amide bonds. The molecule has 3 nitrogen and oxygen atoms in total. The lowest BCUT2D eigenvalue weighted by Gasteiger charge is -1.97. The van der Waals surface area contributed by atoms with Gasteiger partial charge in [0, 0.05) is 6.42 Å². The first kappa shape index (κ1) is 13.1. The minimum atomic E-state index is -0.272. The van der Waals surface area contributed by atoms with Crippen LogP contribution < -0.4 is 0 Å². The lowest BCUT2D eigenvalue weighted by atomic mass is 10.1. The summed E-state index contributed by atoms with van der Waals surface area (Å²) in [7, 11) is 0. The van der Waals surface area contributed by atoms with Crippen molar-refractivity contribution in [1.82, 2.24) is 0 Å². The van der Waals surface area contributed by atoms with Crippen molar-refractivity contribution < 1.29 is 4.92 Å². The molecule has 0 aromatic heterocycles. The second kappa shape index (κ2) is 8.73. The van der Waals surface area contributed by atoms with Gasteiger partial charge in [-0.05, 0) is 18.9 Å². The molecule has 0 rings (SSSR count). The summed E-state index contributed by atoms with van der Waals surface area (Å²) >= 11 is 0. The maximum absolute atomic E-state index is 10.4. The number of hydrogen-bond donors (Lipinski definition) is 0. The van der Waals surface area contributed by atoms with Crippen LogP contribution in [0, 0.1) is 10.1 Å². The lowest BCUT2D eigenvalue weighted by molar-refractivity contribution is -0.427. The molecule has 0 N–H and O–H groups in total. The number of nitro groups is 1. The Morgan fingerprint density at radius 2 is 1.86 bits per heavy atom. The number of hydrogen-bond acceptors (Lipinski definition) is 2. The molecule has 0 aliphatic rings. The third-order valence-electron chi connectivity index (χ3n) is 2.28. The Hall–Kier alpha value is -0.860. The van der Waals surface area contributed by atoms with Crippen molar-refractivity contribution in [2.75, 3.05) is 0 Å². The molecule has 82 valence electrons. The lowest BCUT2D eigenvalue weighted by Crippen LogP contribution is -1.96. The Bertz CT molecular complexity index is 188. The maximum Gasteiger partial charge on any atom is 0.242 e. The molecule has 0 fully saturated rings. The molecule has 14 heavy (non-hydrogen) atoms. The molecule has 0 saturated heterocycles. The number of rotatable bonds is 8. The van der Waals surface area contributed by atoms with Crippen molar-refractivity contribution in [2.45, 2.75) is 58.8 Å². The molecule has 3 heteroatoms. The zero-order valence-electron chi connectivity index (χ0n) is 9.29. The molecule has 0 radical (unpaired) electrons. The Kier molecular flexibility index (Phi) is 8.19. The summed E-state index contributed by atoms with van der Waals surface area (Å²) in [6.45, 7) is 4.01. The van der Waals surface area contributed by atoms with Gasteiger partial charge in [-0.15, -0.1) is 0 Å². The van der Waals surface area contributed by atoms with Crippen LogP contribution in [-0.4, -0.2) is 4.92 Å². The van der Waals surface area contributed by atoms with E-state index in [1.165, 1.54) is 25.7 Å². The van der Waals surface area contributed by atoms with Gasteiger partial charge in [0.25, 0.3) is 0 Å². The second-order valence-corrected chi connectivity index (χ2v) is 3.51. The summed E-state index contributed by atoms with van der Waals surface area (Å²) in [5.74, 6) is 0. The molecule has 0 aromatic rings. The van der Waals surface area contributed by atoms with E-state index >= 15 is 0 Å². The highest BCUT2D eigenvalue weighted by Gasteiger charge is 2.04. The molecule has 0 heterocycles. The number of allylic oxidation sites excluding steroid dienone is 2. The van der Waals surface area contributed by atoms with Gasteiger partial charge in [-0.3, -0.25) is 10.1 Å². The third-order valence-corrected chi connectivity index (χ3v) is 2.28. The van der Waals surface area contributed by atoms with Crippen LogP contribution >= 0.6 is 0 Å². The van der Waals surface area contributed by atoms with E-state index in [0.29, 0.717) is 12.1 Å². The molecule has 0 aliphatic heterocycles. The van der Waals surface area contributed by atoms with Crippen LogP contribution in [0.15, 0.2) is 11.8 Å². The van der Waals surface area contributed by atoms with Crippen LogP contribution in [0.5, 0.6) is 0 Å². The van der Waals surface area contributed by atoms with Gasteiger partial charge in [0.05, 0.1) is 4.92 Å². The normalized spacial score (nSPS) is 11.7. The molecule has 0 spiro atoms. The van der Waals surface area contributed by atoms with Crippen LogP contribution in [0.1, 0.15) is 58.8 Å². The summed E-state index contributed by atoms with van der Waals surface area (Å²) < 4.78 is 0. The van der Waals surface area contributed by atoms with Crippen molar-refractivity contribution in [3.05, 3.63) is 21.9 Å². The Balaban J connectivity index is 3.53. The number of nitrogens with zero attached hydrogens (tertiary/aromatic N) is 1. The van der Waals surface area contributed by atoms with Gasteiger partial charge in [-0.2, -0.15) is 0 Å². The molecule has 0 saturated carbocycles. The minimum absolute atomic E-state index is 0.272. The smallest absolute Gasteiger partial charge is 0.242 e. The summed E-state index contributed by atoms with van der Waals surface area (Å²) in [6, 6.07) is 0. The van der Waals surface area contributed by atoms with E-state index in [4.69, 9.17) is 0 Å². The quantitative estimate of drug-likeness (QED) is 0.338. The van der Waals surface area contributed by atoms with Crippen molar-refractivity contribution in [1.29, 1.82) is 0 Å². The minimum Gasteiger partial charge on any atom is -0.259 e. The Labute approximate surface area is 86.4 Å². The molecule has 0 unspecified atom stereocenters. The van der Waals surface area contributed by atoms with Crippen LogP contribution in [0.3, 0.4) is 0 Å². The van der Waals surface area contributed by atoms with E-state index in [0.717, 1.165) is 12.8 Å². The van der Waals surface area contributed by atoms with E-state index in [1.807, 2.05) is 6.92 Å². The zero-order valence-corrected chi connectivity index (χ0v) is 9.29. The van der Waals surface area contributed by atoms with Crippen LogP contribution in [-0.2, 0) is 0 Å². The predicted molar refractivity (Wildman–Crippen MR) is 58.7 cm³/mol. The van der Waals surface area contributed by atoms with Crippen molar-refractivity contribution in [3.8, 4) is 0 Å². The van der Waals surface area contributed by atoms with Gasteiger partial charge in [0.1, 0.15) is 0 Å².